The highest BCUT2D eigenvalue weighted by molar-refractivity contribution is 5.98. The molecule has 194 valence electrons. The molecule has 3 aliphatic rings. The zero-order valence-corrected chi connectivity index (χ0v) is 20.2. The van der Waals surface area contributed by atoms with Gasteiger partial charge in [-0.15, -0.1) is 0 Å². The molecule has 0 unspecified atom stereocenters. The van der Waals surface area contributed by atoms with Gasteiger partial charge in [-0.3, -0.25) is 9.69 Å². The molecule has 1 saturated heterocycles. The number of β-amino-alcohol motifs (C(OH)–C–C–N with tert-alkyl or cyclic N) is 1. The quantitative estimate of drug-likeness (QED) is 0.441. The standard InChI is InChI=1S/C27H24F2N6O3/c1-33-12-27(37,13-33)25-30-10-15(11-31-25)14-6-7-35-18(8-14)22-17-9-19(23(22)32-35)34(2)24(36)16-4-3-5-20(21(16)17)38-26(28)29/h3-8,10-11,17,19,26,37H,9,12-13H2,1-2H3/t17-,19-/m1/s1/i2D3. The number of likely N-dealkylation sites (tertiary alicyclic amines) is 1. The Kier molecular flexibility index (Phi) is 4.23. The van der Waals surface area contributed by atoms with Crippen molar-refractivity contribution in [3.8, 4) is 16.9 Å². The van der Waals surface area contributed by atoms with E-state index in [9.17, 15) is 18.7 Å². The van der Waals surface area contributed by atoms with Gasteiger partial charge in [0.25, 0.3) is 5.91 Å². The smallest absolute Gasteiger partial charge is 0.387 e. The van der Waals surface area contributed by atoms with Crippen molar-refractivity contribution in [3.63, 3.8) is 0 Å². The SMILES string of the molecule is [2H]C([2H])([2H])N1C(=O)c2cccc(OC(F)F)c2[C@H]2C[C@@H]1c1nn3ccc(-c4cnc(C5(O)CN(C)C5)nc4)cc3c12. The molecule has 38 heavy (non-hydrogen) atoms. The third kappa shape index (κ3) is 3.28. The number of ether oxygens (including phenoxy) is 1. The molecule has 0 radical (unpaired) electrons. The molecular formula is C27H24F2N6O3. The molecule has 1 N–H and O–H groups in total. The van der Waals surface area contributed by atoms with Crippen molar-refractivity contribution in [2.75, 3.05) is 27.1 Å². The molecule has 2 bridgehead atoms. The maximum Gasteiger partial charge on any atom is 0.387 e. The molecule has 2 aliphatic heterocycles. The molecule has 2 atom stereocenters. The number of likely N-dealkylation sites (N-methyl/N-ethyl adjacent to an activating group) is 1. The Labute approximate surface area is 220 Å². The lowest BCUT2D eigenvalue weighted by atomic mass is 9.88. The van der Waals surface area contributed by atoms with Crippen molar-refractivity contribution in [2.24, 2.45) is 0 Å². The second kappa shape index (κ2) is 8.02. The van der Waals surface area contributed by atoms with E-state index in [1.165, 1.54) is 18.2 Å². The van der Waals surface area contributed by atoms with Gasteiger partial charge in [0.1, 0.15) is 11.4 Å². The summed E-state index contributed by atoms with van der Waals surface area (Å²) in [6.45, 7) is -5.05. The predicted molar refractivity (Wildman–Crippen MR) is 132 cm³/mol. The zero-order valence-electron chi connectivity index (χ0n) is 23.2. The molecule has 3 aromatic heterocycles. The molecule has 0 spiro atoms. The van der Waals surface area contributed by atoms with Crippen LogP contribution in [-0.2, 0) is 5.60 Å². The van der Waals surface area contributed by atoms with Crippen molar-refractivity contribution >= 4 is 11.4 Å². The average Bonchev–Trinajstić information content (AvgIpc) is 3.39. The summed E-state index contributed by atoms with van der Waals surface area (Å²) in [6.07, 6.45) is 5.12. The summed E-state index contributed by atoms with van der Waals surface area (Å²) in [4.78, 5) is 25.2. The third-order valence-electron chi connectivity index (χ3n) is 7.68. The molecule has 5 heterocycles. The maximum absolute atomic E-state index is 13.6. The van der Waals surface area contributed by atoms with Gasteiger partial charge in [-0.2, -0.15) is 13.9 Å². The number of fused-ring (bicyclic) bond motifs is 9. The van der Waals surface area contributed by atoms with Crippen LogP contribution in [0.2, 0.25) is 0 Å². The van der Waals surface area contributed by atoms with Gasteiger partial charge in [-0.05, 0) is 43.3 Å². The first kappa shape index (κ1) is 20.1. The summed E-state index contributed by atoms with van der Waals surface area (Å²) in [6, 6.07) is 6.97. The van der Waals surface area contributed by atoms with Crippen molar-refractivity contribution in [1.29, 1.82) is 0 Å². The second-order valence-electron chi connectivity index (χ2n) is 10.1. The van der Waals surface area contributed by atoms with E-state index in [1.54, 1.807) is 29.2 Å². The van der Waals surface area contributed by atoms with Crippen LogP contribution in [0.5, 0.6) is 5.75 Å². The van der Waals surface area contributed by atoms with Crippen LogP contribution in [-0.4, -0.2) is 74.1 Å². The normalized spacial score (nSPS) is 23.3. The molecule has 11 heteroatoms. The van der Waals surface area contributed by atoms with Gasteiger partial charge in [-0.1, -0.05) is 6.07 Å². The molecule has 1 amide bonds. The predicted octanol–water partition coefficient (Wildman–Crippen LogP) is 3.19. The number of hydrogen-bond donors (Lipinski definition) is 1. The molecule has 1 aromatic carbocycles. The number of benzene rings is 1. The van der Waals surface area contributed by atoms with Gasteiger partial charge in [-0.25, -0.2) is 14.5 Å². The largest absolute Gasteiger partial charge is 0.434 e. The van der Waals surface area contributed by atoms with Gasteiger partial charge in [0, 0.05) is 70.9 Å². The summed E-state index contributed by atoms with van der Waals surface area (Å²) >= 11 is 0. The number of carbonyl (C=O) groups excluding carboxylic acids is 1. The van der Waals surface area contributed by atoms with Crippen molar-refractivity contribution in [3.05, 3.63) is 77.1 Å². The van der Waals surface area contributed by atoms with Crippen LogP contribution in [0.4, 0.5) is 8.78 Å². The highest BCUT2D eigenvalue weighted by Crippen LogP contribution is 2.53. The van der Waals surface area contributed by atoms with Crippen LogP contribution in [0, 0.1) is 0 Å². The fraction of sp³-hybridized carbons (Fsp3) is 0.333. The monoisotopic (exact) mass is 521 g/mol. The lowest BCUT2D eigenvalue weighted by Crippen LogP contribution is -2.58. The molecule has 0 saturated carbocycles. The van der Waals surface area contributed by atoms with Crippen LogP contribution < -0.4 is 4.74 Å². The Morgan fingerprint density at radius 1 is 1.18 bits per heavy atom. The number of carbonyl (C=O) groups is 1. The number of hydrogen-bond acceptors (Lipinski definition) is 7. The summed E-state index contributed by atoms with van der Waals surface area (Å²) in [7, 11) is 1.90. The maximum atomic E-state index is 13.6. The first-order valence-electron chi connectivity index (χ1n) is 13.6. The molecule has 4 aromatic rings. The number of amides is 1. The van der Waals surface area contributed by atoms with E-state index in [2.05, 4.69) is 15.1 Å². The fourth-order valence-electron chi connectivity index (χ4n) is 6.07. The van der Waals surface area contributed by atoms with E-state index in [1.807, 2.05) is 18.0 Å². The van der Waals surface area contributed by atoms with Gasteiger partial charge < -0.3 is 14.7 Å². The van der Waals surface area contributed by atoms with Crippen molar-refractivity contribution in [1.82, 2.24) is 29.4 Å². The highest BCUT2D eigenvalue weighted by Gasteiger charge is 2.46. The molecular weight excluding hydrogens is 494 g/mol. The molecule has 1 aliphatic carbocycles. The van der Waals surface area contributed by atoms with Crippen LogP contribution in [0.25, 0.3) is 16.6 Å². The lowest BCUT2D eigenvalue weighted by molar-refractivity contribution is -0.0981. The average molecular weight is 522 g/mol. The minimum absolute atomic E-state index is 0.0106. The summed E-state index contributed by atoms with van der Waals surface area (Å²) in [5.41, 5.74) is 2.25. The lowest BCUT2D eigenvalue weighted by Gasteiger charge is -2.42. The second-order valence-corrected chi connectivity index (χ2v) is 10.1. The zero-order chi connectivity index (χ0) is 28.8. The number of nitrogens with zero attached hydrogens (tertiary/aromatic N) is 6. The van der Waals surface area contributed by atoms with Crippen LogP contribution in [0.1, 0.15) is 55.5 Å². The highest BCUT2D eigenvalue weighted by atomic mass is 19.3. The summed E-state index contributed by atoms with van der Waals surface area (Å²) in [5, 5.41) is 15.4. The van der Waals surface area contributed by atoms with Crippen LogP contribution >= 0.6 is 0 Å². The van der Waals surface area contributed by atoms with E-state index < -0.39 is 37.1 Å². The molecule has 7 rings (SSSR count). The Hall–Kier alpha value is -3.96. The molecule has 1 fully saturated rings. The first-order chi connectivity index (χ1) is 19.4. The van der Waals surface area contributed by atoms with Gasteiger partial charge in [0.15, 0.2) is 5.82 Å². The Morgan fingerprint density at radius 3 is 2.68 bits per heavy atom. The number of alkyl halides is 2. The summed E-state index contributed by atoms with van der Waals surface area (Å²) in [5.74, 6) is -1.23. The Balaban J connectivity index is 1.38. The Bertz CT molecular complexity index is 1710. The fourth-order valence-corrected chi connectivity index (χ4v) is 6.07. The van der Waals surface area contributed by atoms with Crippen molar-refractivity contribution in [2.45, 2.75) is 30.6 Å². The minimum atomic E-state index is -3.13. The topological polar surface area (TPSA) is 96.1 Å². The van der Waals surface area contributed by atoms with Crippen LogP contribution in [0.3, 0.4) is 0 Å². The van der Waals surface area contributed by atoms with Gasteiger partial charge in [0.05, 0.1) is 17.3 Å². The van der Waals surface area contributed by atoms with Gasteiger partial charge >= 0.3 is 6.61 Å². The number of pyridine rings is 1. The van der Waals surface area contributed by atoms with Crippen molar-refractivity contribution < 1.29 is 27.5 Å². The number of halogens is 2. The minimum Gasteiger partial charge on any atom is -0.434 e. The summed E-state index contributed by atoms with van der Waals surface area (Å²) < 4.78 is 57.7. The molecule has 9 nitrogen and oxygen atoms in total. The number of aromatic nitrogens is 4. The van der Waals surface area contributed by atoms with Gasteiger partial charge in [0.2, 0.25) is 0 Å². The van der Waals surface area contributed by atoms with Crippen LogP contribution in [0.15, 0.2) is 48.9 Å². The number of rotatable bonds is 4. The van der Waals surface area contributed by atoms with E-state index >= 15 is 0 Å². The van der Waals surface area contributed by atoms with E-state index in [0.717, 1.165) is 10.5 Å². The first-order valence-corrected chi connectivity index (χ1v) is 12.1. The van der Waals surface area contributed by atoms with E-state index in [-0.39, 0.29) is 23.3 Å². The van der Waals surface area contributed by atoms with E-state index in [4.69, 9.17) is 8.85 Å². The Morgan fingerprint density at radius 2 is 1.97 bits per heavy atom. The third-order valence-corrected chi connectivity index (χ3v) is 7.68. The van der Waals surface area contributed by atoms with E-state index in [0.29, 0.717) is 41.3 Å². The number of aliphatic hydroxyl groups is 1.